The fraction of sp³-hybridized carbons (Fsp3) is 0.600. The first-order chi connectivity index (χ1) is 4.66. The van der Waals surface area contributed by atoms with Crippen molar-refractivity contribution in [2.45, 2.75) is 13.3 Å². The zero-order valence-electron chi connectivity index (χ0n) is 5.79. The Labute approximate surface area is 58.9 Å². The maximum Gasteiger partial charge on any atom is 0.332 e. The van der Waals surface area contributed by atoms with Crippen LogP contribution in [0.4, 0.5) is 4.79 Å². The molecule has 4 N–H and O–H groups in total. The van der Waals surface area contributed by atoms with Crippen LogP contribution >= 0.6 is 0 Å². The first kappa shape index (κ1) is 8.90. The lowest BCUT2D eigenvalue weighted by atomic mass is 10.3. The molecule has 0 rings (SSSR count). The van der Waals surface area contributed by atoms with Crippen molar-refractivity contribution in [1.29, 1.82) is 0 Å². The Balaban J connectivity index is 3.57. The molecule has 0 aromatic heterocycles. The van der Waals surface area contributed by atoms with Crippen LogP contribution in [0.2, 0.25) is 0 Å². The van der Waals surface area contributed by atoms with E-state index in [1.54, 1.807) is 6.92 Å². The van der Waals surface area contributed by atoms with E-state index in [4.69, 9.17) is 10.8 Å². The van der Waals surface area contributed by atoms with E-state index in [-0.39, 0.29) is 6.61 Å². The smallest absolute Gasteiger partial charge is 0.332 e. The van der Waals surface area contributed by atoms with E-state index in [0.717, 1.165) is 0 Å². The number of hydrogen-bond donors (Lipinski definition) is 3. The molecule has 0 heterocycles. The number of aliphatic hydroxyl groups is 1. The van der Waals surface area contributed by atoms with Crippen LogP contribution in [0.25, 0.3) is 0 Å². The van der Waals surface area contributed by atoms with Gasteiger partial charge in [-0.15, -0.1) is 0 Å². The summed E-state index contributed by atoms with van der Waals surface area (Å²) in [7, 11) is 0. The van der Waals surface area contributed by atoms with E-state index >= 15 is 0 Å². The minimum atomic E-state index is -0.697. The van der Waals surface area contributed by atoms with Crippen LogP contribution in [0.3, 0.4) is 0 Å². The maximum atomic E-state index is 10.0. The zero-order valence-corrected chi connectivity index (χ0v) is 5.79. The van der Waals surface area contributed by atoms with Crippen molar-refractivity contribution < 1.29 is 9.90 Å². The van der Waals surface area contributed by atoms with Crippen LogP contribution in [0.5, 0.6) is 0 Å². The van der Waals surface area contributed by atoms with Crippen molar-refractivity contribution in [2.75, 3.05) is 6.61 Å². The maximum absolute atomic E-state index is 10.0. The lowest BCUT2D eigenvalue weighted by molar-refractivity contribution is 0.249. The Kier molecular flexibility index (Phi) is 4.23. The number of carbonyl (C=O) groups is 1. The molecular weight excluding hydrogens is 134 g/mol. The van der Waals surface area contributed by atoms with Gasteiger partial charge in [-0.25, -0.2) is 10.2 Å². The Morgan fingerprint density at radius 1 is 1.80 bits per heavy atom. The fourth-order valence-corrected chi connectivity index (χ4v) is 0.368. The van der Waals surface area contributed by atoms with Crippen molar-refractivity contribution in [3.63, 3.8) is 0 Å². The summed E-state index contributed by atoms with van der Waals surface area (Å²) in [6, 6.07) is -0.697. The molecule has 0 spiro atoms. The molecule has 0 radical (unpaired) electrons. The predicted octanol–water partition coefficient (Wildman–Crippen LogP) is -0.587. The molecule has 0 aliphatic heterocycles. The lowest BCUT2D eigenvalue weighted by Crippen LogP contribution is -2.25. The highest BCUT2D eigenvalue weighted by Gasteiger charge is 1.90. The minimum Gasteiger partial charge on any atom is -0.396 e. The fourth-order valence-electron chi connectivity index (χ4n) is 0.368. The van der Waals surface area contributed by atoms with Gasteiger partial charge in [0.25, 0.3) is 0 Å². The Bertz CT molecular complexity index is 144. The molecule has 0 unspecified atom stereocenters. The van der Waals surface area contributed by atoms with Gasteiger partial charge in [0, 0.05) is 18.7 Å². The van der Waals surface area contributed by atoms with Gasteiger partial charge in [0.05, 0.1) is 0 Å². The molecule has 5 heteroatoms. The molecule has 0 saturated carbocycles. The summed E-state index contributed by atoms with van der Waals surface area (Å²) in [6.07, 6.45) is 0.445. The van der Waals surface area contributed by atoms with Crippen molar-refractivity contribution in [2.24, 2.45) is 10.8 Å². The number of rotatable bonds is 3. The van der Waals surface area contributed by atoms with Crippen LogP contribution in [0.15, 0.2) is 5.10 Å². The molecule has 0 bridgehead atoms. The Morgan fingerprint density at radius 3 is 2.80 bits per heavy atom. The van der Waals surface area contributed by atoms with Crippen LogP contribution in [0.1, 0.15) is 13.3 Å². The normalized spacial score (nSPS) is 11.2. The number of primary amides is 1. The van der Waals surface area contributed by atoms with E-state index in [9.17, 15) is 4.79 Å². The molecule has 2 amide bonds. The summed E-state index contributed by atoms with van der Waals surface area (Å²) in [4.78, 5) is 10.0. The summed E-state index contributed by atoms with van der Waals surface area (Å²) in [5.74, 6) is 0. The average Bonchev–Trinajstić information content (AvgIpc) is 1.85. The number of hydrogen-bond acceptors (Lipinski definition) is 3. The molecule has 10 heavy (non-hydrogen) atoms. The highest BCUT2D eigenvalue weighted by atomic mass is 16.3. The van der Waals surface area contributed by atoms with Crippen molar-refractivity contribution >= 4 is 11.7 Å². The molecule has 0 aromatic rings. The molecule has 5 nitrogen and oxygen atoms in total. The Hall–Kier alpha value is -1.10. The van der Waals surface area contributed by atoms with Gasteiger partial charge >= 0.3 is 6.03 Å². The van der Waals surface area contributed by atoms with E-state index in [0.29, 0.717) is 12.1 Å². The van der Waals surface area contributed by atoms with E-state index < -0.39 is 6.03 Å². The first-order valence-corrected chi connectivity index (χ1v) is 2.86. The number of hydrazone groups is 1. The van der Waals surface area contributed by atoms with E-state index in [2.05, 4.69) is 5.10 Å². The van der Waals surface area contributed by atoms with Crippen molar-refractivity contribution in [3.8, 4) is 0 Å². The number of amides is 2. The standard InChI is InChI=1S/C5H11N3O2/c1-4(2-3-9)7-8-5(6)10/h9H,2-3H2,1H3,(H3,6,8,10)/b7-4+. The number of urea groups is 1. The summed E-state index contributed by atoms with van der Waals surface area (Å²) in [5, 5.41) is 11.9. The lowest BCUT2D eigenvalue weighted by Gasteiger charge is -1.95. The minimum absolute atomic E-state index is 0.0236. The van der Waals surface area contributed by atoms with Gasteiger partial charge < -0.3 is 10.8 Å². The highest BCUT2D eigenvalue weighted by molar-refractivity contribution is 5.83. The Morgan fingerprint density at radius 2 is 2.40 bits per heavy atom. The number of carbonyl (C=O) groups excluding carboxylic acids is 1. The largest absolute Gasteiger partial charge is 0.396 e. The number of nitrogens with one attached hydrogen (secondary N) is 1. The van der Waals surface area contributed by atoms with Gasteiger partial charge in [0.1, 0.15) is 0 Å². The number of aliphatic hydroxyl groups excluding tert-OH is 1. The molecule has 0 fully saturated rings. The average molecular weight is 145 g/mol. The molecular formula is C5H11N3O2. The highest BCUT2D eigenvalue weighted by Crippen LogP contribution is 1.80. The topological polar surface area (TPSA) is 87.7 Å². The number of nitrogens with zero attached hydrogens (tertiary/aromatic N) is 1. The van der Waals surface area contributed by atoms with Crippen LogP contribution < -0.4 is 11.2 Å². The SMILES string of the molecule is C/C(CCO)=N\NC(N)=O. The van der Waals surface area contributed by atoms with E-state index in [1.807, 2.05) is 5.43 Å². The molecule has 0 aromatic carbocycles. The van der Waals surface area contributed by atoms with Gasteiger partial charge in [-0.05, 0) is 6.92 Å². The van der Waals surface area contributed by atoms with Crippen molar-refractivity contribution in [3.05, 3.63) is 0 Å². The van der Waals surface area contributed by atoms with Gasteiger partial charge in [-0.2, -0.15) is 5.10 Å². The second-order valence-corrected chi connectivity index (χ2v) is 1.80. The van der Waals surface area contributed by atoms with Gasteiger partial charge in [0.2, 0.25) is 0 Å². The van der Waals surface area contributed by atoms with Gasteiger partial charge in [-0.1, -0.05) is 0 Å². The molecule has 58 valence electrons. The quantitative estimate of drug-likeness (QED) is 0.366. The second kappa shape index (κ2) is 4.75. The third kappa shape index (κ3) is 5.04. The van der Waals surface area contributed by atoms with Crippen molar-refractivity contribution in [1.82, 2.24) is 5.43 Å². The summed E-state index contributed by atoms with van der Waals surface area (Å²) < 4.78 is 0. The van der Waals surface area contributed by atoms with Gasteiger partial charge in [-0.3, -0.25) is 0 Å². The molecule has 0 aliphatic rings. The number of nitrogens with two attached hydrogens (primary N) is 1. The third-order valence-corrected chi connectivity index (χ3v) is 0.831. The van der Waals surface area contributed by atoms with E-state index in [1.165, 1.54) is 0 Å². The third-order valence-electron chi connectivity index (χ3n) is 0.831. The van der Waals surface area contributed by atoms with Crippen LogP contribution in [-0.4, -0.2) is 23.5 Å². The first-order valence-electron chi connectivity index (χ1n) is 2.86. The molecule has 0 aliphatic carbocycles. The summed E-state index contributed by atoms with van der Waals surface area (Å²) in [6.45, 7) is 1.71. The predicted molar refractivity (Wildman–Crippen MR) is 37.5 cm³/mol. The zero-order chi connectivity index (χ0) is 7.98. The van der Waals surface area contributed by atoms with Crippen LogP contribution in [0, 0.1) is 0 Å². The summed E-state index contributed by atoms with van der Waals surface area (Å²) in [5.41, 5.74) is 7.40. The monoisotopic (exact) mass is 145 g/mol. The molecule has 0 saturated heterocycles. The summed E-state index contributed by atoms with van der Waals surface area (Å²) >= 11 is 0. The van der Waals surface area contributed by atoms with Crippen LogP contribution in [-0.2, 0) is 0 Å². The second-order valence-electron chi connectivity index (χ2n) is 1.80. The van der Waals surface area contributed by atoms with Gasteiger partial charge in [0.15, 0.2) is 0 Å². The molecule has 0 atom stereocenters.